The molecule has 0 saturated heterocycles. The first kappa shape index (κ1) is 21.6. The minimum absolute atomic E-state index is 0.507. The molecule has 154 valence electrons. The standard InChI is InChI=1S/C24H25BF2N2O/c1-7-21-16(3)24(29(18(21)5)25(26)27)14-23-15(2)22(17(4)28-23)12-11-19-9-8-10-20(13-19)30-6/h8-10,13-14H,7H2,1-6H3/b23-14-. The molecule has 1 aromatic carbocycles. The first-order valence-electron chi connectivity index (χ1n) is 9.91. The van der Waals surface area contributed by atoms with Crippen LogP contribution in [0.4, 0.5) is 8.63 Å². The average Bonchev–Trinajstić information content (AvgIpc) is 3.12. The maximum absolute atomic E-state index is 13.8. The number of hydrogen-bond donors (Lipinski definition) is 0. The number of rotatable bonds is 4. The molecule has 0 spiro atoms. The Balaban J connectivity index is 2.05. The van der Waals surface area contributed by atoms with Gasteiger partial charge in [0.25, 0.3) is 0 Å². The molecule has 3 nitrogen and oxygen atoms in total. The molecule has 1 aromatic heterocycles. The van der Waals surface area contributed by atoms with E-state index in [9.17, 15) is 8.63 Å². The minimum atomic E-state index is -2.60. The molecule has 1 aliphatic rings. The number of hydrogen-bond acceptors (Lipinski definition) is 2. The van der Waals surface area contributed by atoms with E-state index in [1.54, 1.807) is 20.1 Å². The Labute approximate surface area is 177 Å². The van der Waals surface area contributed by atoms with E-state index >= 15 is 0 Å². The molecule has 2 aromatic rings. The Hall–Kier alpha value is -3.07. The molecule has 0 unspecified atom stereocenters. The molecule has 0 bridgehead atoms. The monoisotopic (exact) mass is 406 g/mol. The summed E-state index contributed by atoms with van der Waals surface area (Å²) in [7, 11) is -0.980. The summed E-state index contributed by atoms with van der Waals surface area (Å²) in [5.74, 6) is 7.09. The van der Waals surface area contributed by atoms with E-state index in [4.69, 9.17) is 4.74 Å². The minimum Gasteiger partial charge on any atom is -0.497 e. The summed E-state index contributed by atoms with van der Waals surface area (Å²) < 4.78 is 33.9. The van der Waals surface area contributed by atoms with Crippen molar-refractivity contribution in [2.24, 2.45) is 4.99 Å². The van der Waals surface area contributed by atoms with E-state index < -0.39 is 7.40 Å². The van der Waals surface area contributed by atoms with Crippen molar-refractivity contribution in [3.8, 4) is 17.6 Å². The smallest absolute Gasteiger partial charge is 0.497 e. The molecular formula is C24H25BF2N2O. The van der Waals surface area contributed by atoms with Gasteiger partial charge in [-0.3, -0.25) is 13.6 Å². The SMILES string of the molecule is CCc1c(C)c(/C=C2\N=C(C)C(C#Cc3cccc(OC)c3)=C2C)n(B(F)F)c1C. The third kappa shape index (κ3) is 3.98. The molecule has 0 atom stereocenters. The molecule has 0 radical (unpaired) electrons. The number of aliphatic imine (C=N–C) groups is 1. The van der Waals surface area contributed by atoms with Gasteiger partial charge >= 0.3 is 7.40 Å². The van der Waals surface area contributed by atoms with Gasteiger partial charge in [0.15, 0.2) is 0 Å². The van der Waals surface area contributed by atoms with Crippen molar-refractivity contribution < 1.29 is 13.4 Å². The maximum Gasteiger partial charge on any atom is 0.677 e. The van der Waals surface area contributed by atoms with Gasteiger partial charge in [-0.15, -0.1) is 0 Å². The van der Waals surface area contributed by atoms with Crippen molar-refractivity contribution in [2.75, 3.05) is 7.11 Å². The summed E-state index contributed by atoms with van der Waals surface area (Å²) in [4.78, 5) is 4.62. The first-order valence-corrected chi connectivity index (χ1v) is 9.91. The number of methoxy groups -OCH3 is 1. The molecule has 0 aliphatic carbocycles. The van der Waals surface area contributed by atoms with Crippen LogP contribution in [0.1, 0.15) is 48.8 Å². The lowest BCUT2D eigenvalue weighted by atomic mass is 10.0. The molecule has 30 heavy (non-hydrogen) atoms. The van der Waals surface area contributed by atoms with E-state index in [2.05, 4.69) is 16.8 Å². The van der Waals surface area contributed by atoms with Crippen LogP contribution >= 0.6 is 0 Å². The van der Waals surface area contributed by atoms with Gasteiger partial charge in [0.05, 0.1) is 24.1 Å². The highest BCUT2D eigenvalue weighted by molar-refractivity contribution is 6.41. The van der Waals surface area contributed by atoms with Crippen molar-refractivity contribution in [2.45, 2.75) is 41.0 Å². The second-order valence-electron chi connectivity index (χ2n) is 7.28. The molecule has 2 heterocycles. The van der Waals surface area contributed by atoms with Crippen LogP contribution in [-0.2, 0) is 6.42 Å². The van der Waals surface area contributed by atoms with Crippen LogP contribution in [0, 0.1) is 25.7 Å². The number of halogens is 2. The van der Waals surface area contributed by atoms with Crippen LogP contribution < -0.4 is 4.74 Å². The van der Waals surface area contributed by atoms with Gasteiger partial charge in [-0.25, -0.2) is 0 Å². The van der Waals surface area contributed by atoms with Gasteiger partial charge in [0.2, 0.25) is 0 Å². The van der Waals surface area contributed by atoms with Crippen LogP contribution in [0.25, 0.3) is 6.08 Å². The van der Waals surface area contributed by atoms with E-state index in [-0.39, 0.29) is 0 Å². The zero-order valence-electron chi connectivity index (χ0n) is 18.2. The molecule has 0 fully saturated rings. The van der Waals surface area contributed by atoms with Crippen LogP contribution in [0.15, 0.2) is 46.1 Å². The van der Waals surface area contributed by atoms with Crippen molar-refractivity contribution in [3.05, 3.63) is 69.2 Å². The normalized spacial score (nSPS) is 14.7. The van der Waals surface area contributed by atoms with Crippen LogP contribution in [-0.4, -0.2) is 24.7 Å². The number of ether oxygens (including phenoxy) is 1. The average molecular weight is 406 g/mol. The zero-order chi connectivity index (χ0) is 22.0. The fourth-order valence-electron chi connectivity index (χ4n) is 3.89. The predicted octanol–water partition coefficient (Wildman–Crippen LogP) is 5.63. The van der Waals surface area contributed by atoms with Gasteiger partial charge in [-0.1, -0.05) is 24.8 Å². The molecular weight excluding hydrogens is 381 g/mol. The van der Waals surface area contributed by atoms with E-state index in [0.29, 0.717) is 23.5 Å². The van der Waals surface area contributed by atoms with Crippen LogP contribution in [0.5, 0.6) is 5.75 Å². The van der Waals surface area contributed by atoms with Gasteiger partial charge in [-0.05, 0) is 75.1 Å². The fourth-order valence-corrected chi connectivity index (χ4v) is 3.89. The molecule has 3 rings (SSSR count). The van der Waals surface area contributed by atoms with Crippen molar-refractivity contribution in [3.63, 3.8) is 0 Å². The third-order valence-corrected chi connectivity index (χ3v) is 5.53. The quantitative estimate of drug-likeness (QED) is 0.477. The molecule has 0 saturated carbocycles. The fraction of sp³-hybridized carbons (Fsp3) is 0.292. The Morgan fingerprint density at radius 2 is 1.90 bits per heavy atom. The van der Waals surface area contributed by atoms with Gasteiger partial charge in [0, 0.05) is 17.0 Å². The highest BCUT2D eigenvalue weighted by Gasteiger charge is 2.27. The lowest BCUT2D eigenvalue weighted by Gasteiger charge is -2.06. The number of aromatic nitrogens is 1. The van der Waals surface area contributed by atoms with Crippen molar-refractivity contribution in [1.82, 2.24) is 4.48 Å². The summed E-state index contributed by atoms with van der Waals surface area (Å²) >= 11 is 0. The number of nitrogens with zero attached hydrogens (tertiary/aromatic N) is 2. The largest absolute Gasteiger partial charge is 0.677 e. The van der Waals surface area contributed by atoms with Crippen LogP contribution in [0.2, 0.25) is 0 Å². The number of benzene rings is 1. The summed E-state index contributed by atoms with van der Waals surface area (Å²) in [6, 6.07) is 7.54. The zero-order valence-corrected chi connectivity index (χ0v) is 18.2. The summed E-state index contributed by atoms with van der Waals surface area (Å²) in [5, 5.41) is 0. The van der Waals surface area contributed by atoms with Crippen LogP contribution in [0.3, 0.4) is 0 Å². The summed E-state index contributed by atoms with van der Waals surface area (Å²) in [6.45, 7) is 9.45. The maximum atomic E-state index is 13.8. The second-order valence-corrected chi connectivity index (χ2v) is 7.28. The Bertz CT molecular complexity index is 1140. The lowest BCUT2D eigenvalue weighted by molar-refractivity contribution is 0.414. The Morgan fingerprint density at radius 1 is 1.17 bits per heavy atom. The van der Waals surface area contributed by atoms with Gasteiger partial charge in [-0.2, -0.15) is 0 Å². The Morgan fingerprint density at radius 3 is 2.53 bits per heavy atom. The molecule has 1 aliphatic heterocycles. The highest BCUT2D eigenvalue weighted by Crippen LogP contribution is 2.31. The predicted molar refractivity (Wildman–Crippen MR) is 120 cm³/mol. The lowest BCUT2D eigenvalue weighted by Crippen LogP contribution is -2.16. The summed E-state index contributed by atoms with van der Waals surface area (Å²) in [5.41, 5.74) is 6.96. The molecule has 0 amide bonds. The summed E-state index contributed by atoms with van der Waals surface area (Å²) in [6.07, 6.45) is 2.47. The van der Waals surface area contributed by atoms with E-state index in [0.717, 1.165) is 43.8 Å². The van der Waals surface area contributed by atoms with Gasteiger partial charge < -0.3 is 9.21 Å². The first-order chi connectivity index (χ1) is 14.3. The topological polar surface area (TPSA) is 26.5 Å². The molecule has 6 heteroatoms. The third-order valence-electron chi connectivity index (χ3n) is 5.53. The second kappa shape index (κ2) is 8.75. The van der Waals surface area contributed by atoms with Gasteiger partial charge in [0.1, 0.15) is 5.75 Å². The molecule has 0 N–H and O–H groups in total. The van der Waals surface area contributed by atoms with Crippen molar-refractivity contribution in [1.29, 1.82) is 0 Å². The van der Waals surface area contributed by atoms with E-state index in [1.165, 1.54) is 0 Å². The number of allylic oxidation sites excluding steroid dienone is 2. The van der Waals surface area contributed by atoms with E-state index in [1.807, 2.05) is 52.0 Å². The van der Waals surface area contributed by atoms with Crippen molar-refractivity contribution >= 4 is 19.2 Å². The highest BCUT2D eigenvalue weighted by atomic mass is 19.2. The Kier molecular flexibility index (Phi) is 6.31.